The van der Waals surface area contributed by atoms with Crippen molar-refractivity contribution in [1.29, 1.82) is 0 Å². The SMILES string of the molecule is CCCn1c(=NC(=O)c2ccccc2[N+](=O)[O-])sc2cc(Br)ccc21. The number of carbonyl (C=O) groups excluding carboxylic acids is 1. The fourth-order valence-electron chi connectivity index (χ4n) is 2.53. The van der Waals surface area contributed by atoms with E-state index in [1.807, 2.05) is 29.7 Å². The van der Waals surface area contributed by atoms with E-state index in [0.29, 0.717) is 11.3 Å². The van der Waals surface area contributed by atoms with Gasteiger partial charge >= 0.3 is 0 Å². The first kappa shape index (κ1) is 17.5. The number of nitro groups is 1. The summed E-state index contributed by atoms with van der Waals surface area (Å²) in [6.07, 6.45) is 0.884. The Labute approximate surface area is 155 Å². The third-order valence-electron chi connectivity index (χ3n) is 3.62. The normalized spacial score (nSPS) is 11.8. The number of fused-ring (bicyclic) bond motifs is 1. The number of aryl methyl sites for hydroxylation is 1. The third-order valence-corrected chi connectivity index (χ3v) is 5.15. The second-order valence-electron chi connectivity index (χ2n) is 5.34. The van der Waals surface area contributed by atoms with Crippen LogP contribution >= 0.6 is 27.3 Å². The number of aromatic nitrogens is 1. The monoisotopic (exact) mass is 419 g/mol. The molecule has 0 spiro atoms. The summed E-state index contributed by atoms with van der Waals surface area (Å²) in [6, 6.07) is 11.7. The minimum absolute atomic E-state index is 0.00538. The van der Waals surface area contributed by atoms with Crippen molar-refractivity contribution in [2.24, 2.45) is 4.99 Å². The van der Waals surface area contributed by atoms with Crippen LogP contribution in [0.4, 0.5) is 5.69 Å². The van der Waals surface area contributed by atoms with Crippen LogP contribution in [0.1, 0.15) is 23.7 Å². The topological polar surface area (TPSA) is 77.5 Å². The number of hydrogen-bond donors (Lipinski definition) is 0. The van der Waals surface area contributed by atoms with Gasteiger partial charge in [-0.05, 0) is 30.7 Å². The molecule has 0 aliphatic heterocycles. The first-order valence-electron chi connectivity index (χ1n) is 7.62. The Balaban J connectivity index is 2.17. The van der Waals surface area contributed by atoms with Crippen molar-refractivity contribution in [3.05, 3.63) is 67.4 Å². The van der Waals surface area contributed by atoms with Crippen molar-refractivity contribution in [3.63, 3.8) is 0 Å². The molecule has 0 saturated carbocycles. The molecular weight excluding hydrogens is 406 g/mol. The van der Waals surface area contributed by atoms with E-state index in [1.165, 1.54) is 29.5 Å². The molecule has 128 valence electrons. The maximum atomic E-state index is 12.6. The van der Waals surface area contributed by atoms with Gasteiger partial charge in [0.15, 0.2) is 4.80 Å². The molecule has 0 atom stereocenters. The molecule has 0 saturated heterocycles. The number of para-hydroxylation sites is 1. The van der Waals surface area contributed by atoms with Gasteiger partial charge in [-0.25, -0.2) is 0 Å². The van der Waals surface area contributed by atoms with Crippen molar-refractivity contribution in [1.82, 2.24) is 4.57 Å². The number of amides is 1. The van der Waals surface area contributed by atoms with E-state index in [1.54, 1.807) is 6.07 Å². The van der Waals surface area contributed by atoms with Gasteiger partial charge in [-0.2, -0.15) is 4.99 Å². The average Bonchev–Trinajstić information content (AvgIpc) is 2.91. The molecule has 6 nitrogen and oxygen atoms in total. The van der Waals surface area contributed by atoms with Gasteiger partial charge < -0.3 is 4.57 Å². The van der Waals surface area contributed by atoms with Crippen molar-refractivity contribution < 1.29 is 9.72 Å². The van der Waals surface area contributed by atoms with E-state index < -0.39 is 10.8 Å². The predicted molar refractivity (Wildman–Crippen MR) is 101 cm³/mol. The zero-order valence-electron chi connectivity index (χ0n) is 13.3. The number of nitrogens with zero attached hydrogens (tertiary/aromatic N) is 3. The maximum Gasteiger partial charge on any atom is 0.286 e. The quantitative estimate of drug-likeness (QED) is 0.460. The molecule has 2 aromatic carbocycles. The first-order chi connectivity index (χ1) is 12.0. The highest BCUT2D eigenvalue weighted by Gasteiger charge is 2.19. The highest BCUT2D eigenvalue weighted by atomic mass is 79.9. The molecular formula is C17H14BrN3O3S. The molecule has 0 radical (unpaired) electrons. The summed E-state index contributed by atoms with van der Waals surface area (Å²) in [5.74, 6) is -0.609. The summed E-state index contributed by atoms with van der Waals surface area (Å²) in [5.41, 5.74) is 0.750. The molecule has 3 aromatic rings. The standard InChI is InChI=1S/C17H14BrN3O3S/c1-2-9-20-14-8-7-11(18)10-15(14)25-17(20)19-16(22)12-5-3-4-6-13(12)21(23)24/h3-8,10H,2,9H2,1H3. The second-order valence-corrected chi connectivity index (χ2v) is 7.26. The molecule has 8 heteroatoms. The van der Waals surface area contributed by atoms with E-state index in [9.17, 15) is 14.9 Å². The van der Waals surface area contributed by atoms with E-state index in [0.717, 1.165) is 21.1 Å². The number of rotatable bonds is 4. The lowest BCUT2D eigenvalue weighted by atomic mass is 10.2. The molecule has 0 unspecified atom stereocenters. The van der Waals surface area contributed by atoms with Gasteiger partial charge in [-0.1, -0.05) is 46.3 Å². The average molecular weight is 420 g/mol. The molecule has 3 rings (SSSR count). The summed E-state index contributed by atoms with van der Waals surface area (Å²) in [7, 11) is 0. The Hall–Kier alpha value is -2.32. The zero-order chi connectivity index (χ0) is 18.0. The van der Waals surface area contributed by atoms with Crippen molar-refractivity contribution in [2.75, 3.05) is 0 Å². The van der Waals surface area contributed by atoms with E-state index in [2.05, 4.69) is 20.9 Å². The summed E-state index contributed by atoms with van der Waals surface area (Å²) in [6.45, 7) is 2.76. The molecule has 0 N–H and O–H groups in total. The molecule has 1 amide bonds. The van der Waals surface area contributed by atoms with Gasteiger partial charge in [0.2, 0.25) is 0 Å². The zero-order valence-corrected chi connectivity index (χ0v) is 15.7. The Bertz CT molecular complexity index is 1040. The van der Waals surface area contributed by atoms with E-state index >= 15 is 0 Å². The third kappa shape index (κ3) is 3.54. The Morgan fingerprint density at radius 1 is 1.32 bits per heavy atom. The Kier molecular flexibility index (Phi) is 5.10. The van der Waals surface area contributed by atoms with Gasteiger partial charge in [0.05, 0.1) is 15.1 Å². The largest absolute Gasteiger partial charge is 0.316 e. The smallest absolute Gasteiger partial charge is 0.286 e. The molecule has 0 aliphatic rings. The fraction of sp³-hybridized carbons (Fsp3) is 0.176. The lowest BCUT2D eigenvalue weighted by molar-refractivity contribution is -0.385. The Morgan fingerprint density at radius 3 is 2.80 bits per heavy atom. The highest BCUT2D eigenvalue weighted by Crippen LogP contribution is 2.23. The van der Waals surface area contributed by atoms with Gasteiger partial charge in [0.1, 0.15) is 5.56 Å². The lowest BCUT2D eigenvalue weighted by Gasteiger charge is -2.02. The van der Waals surface area contributed by atoms with Crippen molar-refractivity contribution >= 4 is 49.1 Å². The van der Waals surface area contributed by atoms with Gasteiger partial charge in [0, 0.05) is 17.1 Å². The van der Waals surface area contributed by atoms with Crippen LogP contribution in [0.25, 0.3) is 10.2 Å². The van der Waals surface area contributed by atoms with Crippen molar-refractivity contribution in [3.8, 4) is 0 Å². The van der Waals surface area contributed by atoms with E-state index in [4.69, 9.17) is 0 Å². The number of carbonyl (C=O) groups is 1. The van der Waals surface area contributed by atoms with Crippen LogP contribution in [-0.4, -0.2) is 15.4 Å². The summed E-state index contributed by atoms with van der Waals surface area (Å²) < 4.78 is 3.91. The molecule has 25 heavy (non-hydrogen) atoms. The van der Waals surface area contributed by atoms with Gasteiger partial charge in [-0.15, -0.1) is 0 Å². The van der Waals surface area contributed by atoms with Gasteiger partial charge in [-0.3, -0.25) is 14.9 Å². The van der Waals surface area contributed by atoms with Crippen LogP contribution in [-0.2, 0) is 6.54 Å². The van der Waals surface area contributed by atoms with Crippen LogP contribution in [0.15, 0.2) is 51.9 Å². The fourth-order valence-corrected chi connectivity index (χ4v) is 4.14. The van der Waals surface area contributed by atoms with Crippen LogP contribution in [0.3, 0.4) is 0 Å². The van der Waals surface area contributed by atoms with Gasteiger partial charge in [0.25, 0.3) is 11.6 Å². The molecule has 0 fully saturated rings. The maximum absolute atomic E-state index is 12.6. The number of halogens is 1. The van der Waals surface area contributed by atoms with Crippen LogP contribution in [0.2, 0.25) is 0 Å². The molecule has 1 aromatic heterocycles. The predicted octanol–water partition coefficient (Wildman–Crippen LogP) is 4.52. The summed E-state index contributed by atoms with van der Waals surface area (Å²) in [5, 5.41) is 11.1. The highest BCUT2D eigenvalue weighted by molar-refractivity contribution is 9.10. The number of thiazole rings is 1. The van der Waals surface area contributed by atoms with Crippen LogP contribution in [0, 0.1) is 10.1 Å². The van der Waals surface area contributed by atoms with Crippen LogP contribution in [0.5, 0.6) is 0 Å². The summed E-state index contributed by atoms with van der Waals surface area (Å²) in [4.78, 5) is 27.8. The lowest BCUT2D eigenvalue weighted by Crippen LogP contribution is -2.17. The number of hydrogen-bond acceptors (Lipinski definition) is 4. The second kappa shape index (κ2) is 7.28. The minimum Gasteiger partial charge on any atom is -0.316 e. The number of benzene rings is 2. The Morgan fingerprint density at radius 2 is 2.08 bits per heavy atom. The molecule has 1 heterocycles. The molecule has 0 aliphatic carbocycles. The summed E-state index contributed by atoms with van der Waals surface area (Å²) >= 11 is 4.83. The molecule has 0 bridgehead atoms. The number of nitro benzene ring substituents is 1. The van der Waals surface area contributed by atoms with Crippen LogP contribution < -0.4 is 4.80 Å². The van der Waals surface area contributed by atoms with E-state index in [-0.39, 0.29) is 11.3 Å². The minimum atomic E-state index is -0.609. The first-order valence-corrected chi connectivity index (χ1v) is 9.23. The van der Waals surface area contributed by atoms with Crippen molar-refractivity contribution in [2.45, 2.75) is 19.9 Å².